The summed E-state index contributed by atoms with van der Waals surface area (Å²) in [6.45, 7) is 1.26. The molecule has 2 aromatic carbocycles. The number of benzene rings is 2. The highest BCUT2D eigenvalue weighted by Gasteiger charge is 2.58. The molecule has 1 aliphatic carbocycles. The van der Waals surface area contributed by atoms with Crippen molar-refractivity contribution in [3.8, 4) is 0 Å². The summed E-state index contributed by atoms with van der Waals surface area (Å²) in [4.78, 5) is 53.6. The van der Waals surface area contributed by atoms with Crippen molar-refractivity contribution in [2.24, 2.45) is 0 Å². The lowest BCUT2D eigenvalue weighted by molar-refractivity contribution is -0.143. The number of aryl methyl sites for hydroxylation is 1. The van der Waals surface area contributed by atoms with Crippen molar-refractivity contribution in [2.45, 2.75) is 50.3 Å². The van der Waals surface area contributed by atoms with Crippen molar-refractivity contribution in [1.29, 1.82) is 0 Å². The molecule has 2 fully saturated rings. The molecule has 2 saturated heterocycles. The van der Waals surface area contributed by atoms with Crippen LogP contribution in [0.2, 0.25) is 0 Å². The van der Waals surface area contributed by atoms with E-state index in [-0.39, 0.29) is 18.0 Å². The zero-order valence-corrected chi connectivity index (χ0v) is 20.3. The van der Waals surface area contributed by atoms with Crippen molar-refractivity contribution in [3.05, 3.63) is 64.7 Å². The van der Waals surface area contributed by atoms with Gasteiger partial charge in [-0.2, -0.15) is 0 Å². The molecular weight excluding hydrogens is 486 g/mol. The fourth-order valence-electron chi connectivity index (χ4n) is 5.62. The third-order valence-corrected chi connectivity index (χ3v) is 7.42. The number of carbonyl (C=O) groups excluding carboxylic acids is 4. The van der Waals surface area contributed by atoms with Gasteiger partial charge in [-0.05, 0) is 49.9 Å². The van der Waals surface area contributed by atoms with Crippen molar-refractivity contribution < 1.29 is 32.7 Å². The minimum absolute atomic E-state index is 0.191. The third-order valence-electron chi connectivity index (χ3n) is 7.42. The highest BCUT2D eigenvalue weighted by Crippen LogP contribution is 2.46. The molecule has 2 aromatic rings. The Hall–Kier alpha value is -4.02. The maximum Gasteiger partial charge on any atom is 0.418 e. The van der Waals surface area contributed by atoms with Crippen LogP contribution in [0.5, 0.6) is 0 Å². The molecule has 5 rings (SSSR count). The average molecular weight is 513 g/mol. The van der Waals surface area contributed by atoms with Crippen molar-refractivity contribution in [3.63, 3.8) is 0 Å². The molecule has 2 N–H and O–H groups in total. The highest BCUT2D eigenvalue weighted by molar-refractivity contribution is 6.06. The van der Waals surface area contributed by atoms with Gasteiger partial charge >= 0.3 is 12.1 Å². The monoisotopic (exact) mass is 512 g/mol. The van der Waals surface area contributed by atoms with E-state index in [2.05, 4.69) is 10.6 Å². The van der Waals surface area contributed by atoms with Gasteiger partial charge in [0.25, 0.3) is 5.91 Å². The summed E-state index contributed by atoms with van der Waals surface area (Å²) in [5.41, 5.74) is 0.460. The number of hydrogen-bond acceptors (Lipinski definition) is 5. The number of nitrogens with zero attached hydrogens (tertiary/aromatic N) is 2. The minimum atomic E-state index is -1.53. The van der Waals surface area contributed by atoms with Gasteiger partial charge in [-0.1, -0.05) is 12.1 Å². The van der Waals surface area contributed by atoms with Gasteiger partial charge in [0.15, 0.2) is 0 Å². The normalized spacial score (nSPS) is 24.4. The molecular formula is C26H26F2N4O5. The molecule has 194 valence electrons. The first-order chi connectivity index (χ1) is 17.6. The number of ether oxygens (including phenoxy) is 1. The summed E-state index contributed by atoms with van der Waals surface area (Å²) in [5.74, 6) is -2.62. The number of rotatable bonds is 4. The average Bonchev–Trinajstić information content (AvgIpc) is 3.49. The molecule has 5 amide bonds. The number of carbonyl (C=O) groups is 4. The SMILES string of the molecule is CNC(=O)Nc1ccc2c(c1)CCC21OC(=O)N(CC(=O)N2[C@@H](C)CC[C@H]2c2ccc(F)cc2F)C1=O. The molecule has 0 aromatic heterocycles. The van der Waals surface area contributed by atoms with Crippen LogP contribution in [0.15, 0.2) is 36.4 Å². The Balaban J connectivity index is 1.36. The number of amides is 5. The molecule has 3 atom stereocenters. The van der Waals surface area contributed by atoms with E-state index in [0.717, 1.165) is 22.6 Å². The third kappa shape index (κ3) is 4.08. The molecule has 2 aliphatic heterocycles. The molecule has 11 heteroatoms. The molecule has 0 radical (unpaired) electrons. The van der Waals surface area contributed by atoms with Crippen LogP contribution in [0, 0.1) is 11.6 Å². The van der Waals surface area contributed by atoms with Gasteiger partial charge in [-0.15, -0.1) is 0 Å². The van der Waals surface area contributed by atoms with Crippen molar-refractivity contribution in [1.82, 2.24) is 15.1 Å². The fraction of sp³-hybridized carbons (Fsp3) is 0.385. The lowest BCUT2D eigenvalue weighted by Crippen LogP contribution is -2.46. The largest absolute Gasteiger partial charge is 0.427 e. The Labute approximate surface area is 211 Å². The van der Waals surface area contributed by atoms with Gasteiger partial charge in [-0.25, -0.2) is 23.3 Å². The van der Waals surface area contributed by atoms with E-state index in [0.29, 0.717) is 30.5 Å². The van der Waals surface area contributed by atoms with E-state index in [1.165, 1.54) is 18.0 Å². The number of imide groups is 1. The number of nitrogens with one attached hydrogen (secondary N) is 2. The molecule has 3 aliphatic rings. The Bertz CT molecular complexity index is 1320. The van der Waals surface area contributed by atoms with Gasteiger partial charge in [0.2, 0.25) is 11.5 Å². The molecule has 1 spiro atoms. The predicted octanol–water partition coefficient (Wildman–Crippen LogP) is 3.59. The molecule has 9 nitrogen and oxygen atoms in total. The summed E-state index contributed by atoms with van der Waals surface area (Å²) in [5, 5.41) is 5.12. The Morgan fingerprint density at radius 2 is 1.92 bits per heavy atom. The first-order valence-corrected chi connectivity index (χ1v) is 12.1. The van der Waals surface area contributed by atoms with Gasteiger partial charge in [0.05, 0.1) is 6.04 Å². The maximum absolute atomic E-state index is 14.5. The van der Waals surface area contributed by atoms with Crippen LogP contribution in [-0.4, -0.2) is 53.4 Å². The topological polar surface area (TPSA) is 108 Å². The predicted molar refractivity (Wildman–Crippen MR) is 127 cm³/mol. The summed E-state index contributed by atoms with van der Waals surface area (Å²) < 4.78 is 33.5. The van der Waals surface area contributed by atoms with E-state index in [9.17, 15) is 28.0 Å². The minimum Gasteiger partial charge on any atom is -0.427 e. The van der Waals surface area contributed by atoms with E-state index < -0.39 is 53.8 Å². The molecule has 0 bridgehead atoms. The molecule has 2 heterocycles. The van der Waals surface area contributed by atoms with Crippen LogP contribution in [0.4, 0.5) is 24.1 Å². The second kappa shape index (κ2) is 9.13. The zero-order valence-electron chi connectivity index (χ0n) is 20.3. The molecule has 1 unspecified atom stereocenters. The van der Waals surface area contributed by atoms with Gasteiger partial charge < -0.3 is 20.3 Å². The highest BCUT2D eigenvalue weighted by atomic mass is 19.1. The smallest absolute Gasteiger partial charge is 0.418 e. The van der Waals surface area contributed by atoms with Crippen molar-refractivity contribution >= 4 is 29.6 Å². The number of halogens is 2. The second-order valence-corrected chi connectivity index (χ2v) is 9.57. The fourth-order valence-corrected chi connectivity index (χ4v) is 5.62. The summed E-state index contributed by atoms with van der Waals surface area (Å²) in [7, 11) is 1.49. The Morgan fingerprint density at radius 1 is 1.14 bits per heavy atom. The standard InChI is InChI=1S/C26H26F2N4O5/c1-14-3-8-21(18-6-4-16(27)12-20(18)28)32(14)22(33)13-31-23(34)26(37-25(31)36)10-9-15-11-17(5-7-19(15)26)30-24(35)29-2/h4-7,11-12,14,21H,3,8-10,13H2,1-2H3,(H2,29,30,35)/t14-,21-,26?/m0/s1. The lowest BCUT2D eigenvalue weighted by Gasteiger charge is -2.30. The first kappa shape index (κ1) is 24.7. The van der Waals surface area contributed by atoms with Crippen LogP contribution in [0.25, 0.3) is 0 Å². The summed E-state index contributed by atoms with van der Waals surface area (Å²) in [6, 6.07) is 6.93. The van der Waals surface area contributed by atoms with Crippen LogP contribution in [0.3, 0.4) is 0 Å². The Kier molecular flexibility index (Phi) is 6.09. The zero-order chi connectivity index (χ0) is 26.5. The van der Waals surface area contributed by atoms with E-state index in [1.807, 2.05) is 6.92 Å². The van der Waals surface area contributed by atoms with Crippen molar-refractivity contribution in [2.75, 3.05) is 18.9 Å². The molecule has 0 saturated carbocycles. The summed E-state index contributed by atoms with van der Waals surface area (Å²) in [6.07, 6.45) is 0.793. The maximum atomic E-state index is 14.5. The second-order valence-electron chi connectivity index (χ2n) is 9.57. The van der Waals surface area contributed by atoms with Crippen LogP contribution >= 0.6 is 0 Å². The van der Waals surface area contributed by atoms with Gasteiger partial charge in [0, 0.05) is 42.4 Å². The number of hydrogen-bond donors (Lipinski definition) is 2. The van der Waals surface area contributed by atoms with Crippen LogP contribution in [-0.2, 0) is 26.3 Å². The Morgan fingerprint density at radius 3 is 2.65 bits per heavy atom. The van der Waals surface area contributed by atoms with E-state index in [4.69, 9.17) is 4.74 Å². The molecule has 37 heavy (non-hydrogen) atoms. The van der Waals surface area contributed by atoms with Crippen LogP contribution in [0.1, 0.15) is 48.9 Å². The van der Waals surface area contributed by atoms with E-state index >= 15 is 0 Å². The van der Waals surface area contributed by atoms with Gasteiger partial charge in [-0.3, -0.25) is 9.59 Å². The number of anilines is 1. The first-order valence-electron chi connectivity index (χ1n) is 12.1. The number of likely N-dealkylation sites (tertiary alicyclic amines) is 1. The van der Waals surface area contributed by atoms with Gasteiger partial charge in [0.1, 0.15) is 18.2 Å². The number of urea groups is 1. The summed E-state index contributed by atoms with van der Waals surface area (Å²) >= 11 is 0. The van der Waals surface area contributed by atoms with E-state index in [1.54, 1.807) is 18.2 Å². The number of fused-ring (bicyclic) bond motifs is 2. The quantitative estimate of drug-likeness (QED) is 0.651. The van der Waals surface area contributed by atoms with Crippen LogP contribution < -0.4 is 10.6 Å². The lowest BCUT2D eigenvalue weighted by atomic mass is 9.94.